The highest BCUT2D eigenvalue weighted by Crippen LogP contribution is 2.31. The smallest absolute Gasteiger partial charge is 0.259 e. The summed E-state index contributed by atoms with van der Waals surface area (Å²) in [6.45, 7) is -0.782. The van der Waals surface area contributed by atoms with Crippen molar-refractivity contribution in [2.75, 3.05) is 6.61 Å². The fourth-order valence-corrected chi connectivity index (χ4v) is 2.21. The Labute approximate surface area is 90.7 Å². The van der Waals surface area contributed by atoms with E-state index in [1.165, 1.54) is 0 Å². The first kappa shape index (κ1) is 13.7. The number of aliphatic hydroxyl groups is 5. The van der Waals surface area contributed by atoms with Gasteiger partial charge in [-0.3, -0.25) is 0 Å². The average molecular weight is 259 g/mol. The molecule has 0 aliphatic carbocycles. The standard InChI is InChI=1S/C6H13NO8S/c7-16(13,14)6(12)4(10)3(9)2(1-8)15-5(6)11/h2-5,8-12H,1H2,(H2,7,13,14)/t2-,3-,4+,5?,6+/m1/s1. The summed E-state index contributed by atoms with van der Waals surface area (Å²) in [7, 11) is -4.80. The molecule has 1 fully saturated rings. The molecule has 0 saturated carbocycles. The molecule has 0 spiro atoms. The van der Waals surface area contributed by atoms with Gasteiger partial charge >= 0.3 is 0 Å². The van der Waals surface area contributed by atoms with Gasteiger partial charge in [-0.05, 0) is 0 Å². The van der Waals surface area contributed by atoms with Gasteiger partial charge in [0.25, 0.3) is 4.93 Å². The van der Waals surface area contributed by atoms with Gasteiger partial charge in [-0.25, -0.2) is 13.6 Å². The van der Waals surface area contributed by atoms with Crippen LogP contribution in [-0.4, -0.2) is 70.1 Å². The van der Waals surface area contributed by atoms with Gasteiger partial charge in [-0.1, -0.05) is 0 Å². The van der Waals surface area contributed by atoms with E-state index in [0.29, 0.717) is 0 Å². The molecular formula is C6H13NO8S. The maximum atomic E-state index is 11.0. The maximum Gasteiger partial charge on any atom is 0.259 e. The van der Waals surface area contributed by atoms with Crippen LogP contribution in [0, 0.1) is 0 Å². The predicted octanol–water partition coefficient (Wildman–Crippen LogP) is -4.61. The molecule has 1 aliphatic heterocycles. The van der Waals surface area contributed by atoms with Crippen molar-refractivity contribution in [2.45, 2.75) is 29.5 Å². The molecule has 9 nitrogen and oxygen atoms in total. The van der Waals surface area contributed by atoms with Crippen molar-refractivity contribution < 1.29 is 38.7 Å². The molecule has 1 unspecified atom stereocenters. The Morgan fingerprint density at radius 1 is 1.31 bits per heavy atom. The summed E-state index contributed by atoms with van der Waals surface area (Å²) in [5.41, 5.74) is 0. The van der Waals surface area contributed by atoms with Crippen LogP contribution in [0.4, 0.5) is 0 Å². The van der Waals surface area contributed by atoms with Gasteiger partial charge in [-0.15, -0.1) is 0 Å². The highest BCUT2D eigenvalue weighted by molar-refractivity contribution is 7.90. The zero-order chi connectivity index (χ0) is 12.7. The second kappa shape index (κ2) is 4.16. The van der Waals surface area contributed by atoms with Crippen LogP contribution < -0.4 is 5.14 Å². The number of primary sulfonamides is 1. The Morgan fingerprint density at radius 3 is 2.19 bits per heavy atom. The van der Waals surface area contributed by atoms with E-state index in [2.05, 4.69) is 9.88 Å². The van der Waals surface area contributed by atoms with Crippen molar-refractivity contribution in [3.63, 3.8) is 0 Å². The zero-order valence-electron chi connectivity index (χ0n) is 7.96. The van der Waals surface area contributed by atoms with E-state index in [9.17, 15) is 28.8 Å². The SMILES string of the molecule is NS(=O)(=O)[C@]1(O)C(O)O[C@H](CO)[C@@H](O)[C@@H]1O. The van der Waals surface area contributed by atoms with E-state index in [1.54, 1.807) is 0 Å². The lowest BCUT2D eigenvalue weighted by atomic mass is 9.99. The van der Waals surface area contributed by atoms with E-state index in [4.69, 9.17) is 5.11 Å². The third kappa shape index (κ3) is 1.83. The van der Waals surface area contributed by atoms with Crippen LogP contribution in [0.5, 0.6) is 0 Å². The molecule has 16 heavy (non-hydrogen) atoms. The maximum absolute atomic E-state index is 11.0. The second-order valence-corrected chi connectivity index (χ2v) is 5.19. The minimum Gasteiger partial charge on any atom is -0.394 e. The Balaban J connectivity index is 3.15. The van der Waals surface area contributed by atoms with Crippen molar-refractivity contribution in [3.05, 3.63) is 0 Å². The lowest BCUT2D eigenvalue weighted by Gasteiger charge is -2.43. The minimum absolute atomic E-state index is 0.782. The van der Waals surface area contributed by atoms with E-state index in [1.807, 2.05) is 0 Å². The van der Waals surface area contributed by atoms with Crippen molar-refractivity contribution in [1.29, 1.82) is 0 Å². The summed E-state index contributed by atoms with van der Waals surface area (Å²) in [6.07, 6.45) is -8.01. The monoisotopic (exact) mass is 259 g/mol. The van der Waals surface area contributed by atoms with Gasteiger partial charge in [0.15, 0.2) is 0 Å². The van der Waals surface area contributed by atoms with Gasteiger partial charge in [0.2, 0.25) is 16.3 Å². The molecule has 7 N–H and O–H groups in total. The molecule has 0 amide bonds. The Hall–Kier alpha value is -0.330. The fraction of sp³-hybridized carbons (Fsp3) is 1.00. The first-order valence-electron chi connectivity index (χ1n) is 4.21. The fourth-order valence-electron chi connectivity index (χ4n) is 1.40. The van der Waals surface area contributed by atoms with E-state index < -0.39 is 46.2 Å². The number of hydrogen-bond acceptors (Lipinski definition) is 8. The molecule has 0 radical (unpaired) electrons. The average Bonchev–Trinajstić information content (AvgIpc) is 2.18. The van der Waals surface area contributed by atoms with Gasteiger partial charge in [0.05, 0.1) is 6.61 Å². The van der Waals surface area contributed by atoms with Crippen LogP contribution in [-0.2, 0) is 14.8 Å². The molecule has 1 saturated heterocycles. The summed E-state index contributed by atoms with van der Waals surface area (Å²) in [6, 6.07) is 0. The molecule has 10 heteroatoms. The molecule has 0 aromatic rings. The molecule has 0 aromatic heterocycles. The third-order valence-corrected chi connectivity index (χ3v) is 3.78. The van der Waals surface area contributed by atoms with Crippen LogP contribution in [0.25, 0.3) is 0 Å². The highest BCUT2D eigenvalue weighted by Gasteiger charge is 2.61. The number of hydrogen-bond donors (Lipinski definition) is 6. The van der Waals surface area contributed by atoms with Crippen LogP contribution >= 0.6 is 0 Å². The van der Waals surface area contributed by atoms with E-state index in [0.717, 1.165) is 0 Å². The summed E-state index contributed by atoms with van der Waals surface area (Å²) < 4.78 is 26.5. The molecule has 1 heterocycles. The minimum atomic E-state index is -4.80. The van der Waals surface area contributed by atoms with E-state index >= 15 is 0 Å². The van der Waals surface area contributed by atoms with Crippen LogP contribution in [0.2, 0.25) is 0 Å². The largest absolute Gasteiger partial charge is 0.394 e. The molecule has 1 rings (SSSR count). The van der Waals surface area contributed by atoms with Crippen LogP contribution in [0.1, 0.15) is 0 Å². The van der Waals surface area contributed by atoms with Crippen molar-refractivity contribution in [2.24, 2.45) is 5.14 Å². The lowest BCUT2D eigenvalue weighted by molar-refractivity contribution is -0.301. The summed E-state index contributed by atoms with van der Waals surface area (Å²) in [4.78, 5) is -3.24. The normalized spacial score (nSPS) is 45.6. The van der Waals surface area contributed by atoms with Crippen LogP contribution in [0.3, 0.4) is 0 Å². The summed E-state index contributed by atoms with van der Waals surface area (Å²) in [5, 5.41) is 50.8. The van der Waals surface area contributed by atoms with Gasteiger partial charge in [0.1, 0.15) is 18.3 Å². The van der Waals surface area contributed by atoms with Crippen molar-refractivity contribution in [1.82, 2.24) is 0 Å². The molecule has 96 valence electrons. The molecule has 0 bridgehead atoms. The number of sulfonamides is 1. The van der Waals surface area contributed by atoms with Gasteiger partial charge < -0.3 is 30.3 Å². The first-order chi connectivity index (χ1) is 7.16. The number of ether oxygens (including phenoxy) is 1. The van der Waals surface area contributed by atoms with Crippen molar-refractivity contribution >= 4 is 10.0 Å². The van der Waals surface area contributed by atoms with Gasteiger partial charge in [-0.2, -0.15) is 0 Å². The predicted molar refractivity (Wildman–Crippen MR) is 48.0 cm³/mol. The summed E-state index contributed by atoms with van der Waals surface area (Å²) >= 11 is 0. The molecule has 5 atom stereocenters. The molecule has 0 aromatic carbocycles. The molecular weight excluding hydrogens is 246 g/mol. The Kier molecular flexibility index (Phi) is 3.57. The third-order valence-electron chi connectivity index (χ3n) is 2.42. The quantitative estimate of drug-likeness (QED) is 0.287. The Morgan fingerprint density at radius 2 is 1.81 bits per heavy atom. The Bertz CT molecular complexity index is 358. The number of rotatable bonds is 2. The number of aliphatic hydroxyl groups excluding tert-OH is 4. The molecule has 1 aliphatic rings. The van der Waals surface area contributed by atoms with Crippen LogP contribution in [0.15, 0.2) is 0 Å². The highest BCUT2D eigenvalue weighted by atomic mass is 32.2. The topological polar surface area (TPSA) is 171 Å². The zero-order valence-corrected chi connectivity index (χ0v) is 8.78. The summed E-state index contributed by atoms with van der Waals surface area (Å²) in [5.74, 6) is 0. The lowest BCUT2D eigenvalue weighted by Crippen LogP contribution is -2.70. The number of nitrogens with two attached hydrogens (primary N) is 1. The van der Waals surface area contributed by atoms with Crippen molar-refractivity contribution in [3.8, 4) is 0 Å². The second-order valence-electron chi connectivity index (χ2n) is 3.44. The first-order valence-corrected chi connectivity index (χ1v) is 5.76. The van der Waals surface area contributed by atoms with E-state index in [-0.39, 0.29) is 0 Å². The van der Waals surface area contributed by atoms with Gasteiger partial charge in [0, 0.05) is 0 Å².